The Kier molecular flexibility index (Phi) is 4.99. The highest BCUT2D eigenvalue weighted by Gasteiger charge is 2.44. The van der Waals surface area contributed by atoms with Crippen LogP contribution >= 0.6 is 0 Å². The lowest BCUT2D eigenvalue weighted by molar-refractivity contribution is -0.139. The van der Waals surface area contributed by atoms with E-state index in [1.54, 1.807) is 6.20 Å². The summed E-state index contributed by atoms with van der Waals surface area (Å²) in [5.74, 6) is 1.14. The van der Waals surface area contributed by atoms with Crippen molar-refractivity contribution in [2.24, 2.45) is 11.3 Å². The van der Waals surface area contributed by atoms with E-state index in [9.17, 15) is 9.59 Å². The van der Waals surface area contributed by atoms with Gasteiger partial charge in [0.05, 0.1) is 11.8 Å². The molecule has 1 aromatic rings. The Morgan fingerprint density at radius 2 is 2.11 bits per heavy atom. The third-order valence-electron chi connectivity index (χ3n) is 6.64. The maximum Gasteiger partial charge on any atom is 0.257 e. The first-order valence-corrected chi connectivity index (χ1v) is 10.6. The summed E-state index contributed by atoms with van der Waals surface area (Å²) >= 11 is 0. The molecule has 0 N–H and O–H groups in total. The second-order valence-electron chi connectivity index (χ2n) is 8.91. The summed E-state index contributed by atoms with van der Waals surface area (Å²) in [6.45, 7) is 8.31. The predicted molar refractivity (Wildman–Crippen MR) is 103 cm³/mol. The molecule has 0 bridgehead atoms. The molecule has 6 nitrogen and oxygen atoms in total. The van der Waals surface area contributed by atoms with Gasteiger partial charge in [0.2, 0.25) is 5.91 Å². The first-order valence-electron chi connectivity index (χ1n) is 10.6. The van der Waals surface area contributed by atoms with Crippen LogP contribution in [0.25, 0.3) is 0 Å². The van der Waals surface area contributed by atoms with Crippen molar-refractivity contribution in [2.75, 3.05) is 26.2 Å². The summed E-state index contributed by atoms with van der Waals surface area (Å²) in [7, 11) is 0. The first-order chi connectivity index (χ1) is 13.0. The maximum absolute atomic E-state index is 13.2. The average molecular weight is 373 g/mol. The highest BCUT2D eigenvalue weighted by atomic mass is 16.2. The van der Waals surface area contributed by atoms with Crippen molar-refractivity contribution in [2.45, 2.75) is 65.3 Å². The molecule has 2 saturated heterocycles. The number of piperidine rings is 2. The van der Waals surface area contributed by atoms with Gasteiger partial charge in [0, 0.05) is 50.3 Å². The number of aromatic nitrogens is 2. The maximum atomic E-state index is 13.2. The summed E-state index contributed by atoms with van der Waals surface area (Å²) in [6.07, 6.45) is 8.99. The molecule has 27 heavy (non-hydrogen) atoms. The Hall–Kier alpha value is -1.85. The molecule has 1 spiro atoms. The monoisotopic (exact) mass is 372 g/mol. The molecule has 4 rings (SSSR count). The van der Waals surface area contributed by atoms with Gasteiger partial charge in [-0.1, -0.05) is 6.92 Å². The molecule has 6 heteroatoms. The summed E-state index contributed by atoms with van der Waals surface area (Å²) in [6, 6.07) is 0. The summed E-state index contributed by atoms with van der Waals surface area (Å²) in [5.41, 5.74) is 1.79. The first kappa shape index (κ1) is 18.5. The van der Waals surface area contributed by atoms with Crippen LogP contribution in [0.15, 0.2) is 6.20 Å². The van der Waals surface area contributed by atoms with Gasteiger partial charge in [-0.05, 0) is 51.4 Å². The van der Waals surface area contributed by atoms with Crippen molar-refractivity contribution < 1.29 is 9.59 Å². The number of nitrogens with zero attached hydrogens (tertiary/aromatic N) is 4. The Morgan fingerprint density at radius 3 is 2.85 bits per heavy atom. The van der Waals surface area contributed by atoms with Gasteiger partial charge in [-0.2, -0.15) is 5.10 Å². The molecule has 0 unspecified atom stereocenters. The lowest BCUT2D eigenvalue weighted by Crippen LogP contribution is -2.55. The standard InChI is InChI=1S/C21H32N4O2/c1-3-10-25-16(2)18(12-22-25)20(27)23-11-4-8-21(14-23)9-7-19(26)24(15-21)13-17-5-6-17/h12,17H,3-11,13-15H2,1-2H3/t21-/m0/s1. The highest BCUT2D eigenvalue weighted by molar-refractivity contribution is 5.95. The fourth-order valence-corrected chi connectivity index (χ4v) is 4.86. The molecular formula is C21H32N4O2. The van der Waals surface area contributed by atoms with E-state index >= 15 is 0 Å². The molecule has 148 valence electrons. The minimum atomic E-state index is 0.0873. The van der Waals surface area contributed by atoms with Crippen molar-refractivity contribution in [3.05, 3.63) is 17.5 Å². The molecule has 1 aliphatic carbocycles. The second-order valence-corrected chi connectivity index (χ2v) is 8.91. The molecule has 0 aromatic carbocycles. The van der Waals surface area contributed by atoms with Gasteiger partial charge in [0.25, 0.3) is 5.91 Å². The van der Waals surface area contributed by atoms with Crippen molar-refractivity contribution in [3.63, 3.8) is 0 Å². The van der Waals surface area contributed by atoms with Gasteiger partial charge in [0.1, 0.15) is 0 Å². The molecular weight excluding hydrogens is 340 g/mol. The van der Waals surface area contributed by atoms with E-state index in [2.05, 4.69) is 16.9 Å². The van der Waals surface area contributed by atoms with Crippen LogP contribution in [0, 0.1) is 18.3 Å². The summed E-state index contributed by atoms with van der Waals surface area (Å²) < 4.78 is 1.93. The largest absolute Gasteiger partial charge is 0.342 e. The molecule has 0 radical (unpaired) electrons. The van der Waals surface area contributed by atoms with Crippen LogP contribution < -0.4 is 0 Å². The van der Waals surface area contributed by atoms with Gasteiger partial charge in [0.15, 0.2) is 0 Å². The van der Waals surface area contributed by atoms with Crippen molar-refractivity contribution in [3.8, 4) is 0 Å². The number of hydrogen-bond donors (Lipinski definition) is 0. The fourth-order valence-electron chi connectivity index (χ4n) is 4.86. The molecule has 3 aliphatic rings. The Labute approximate surface area is 161 Å². The van der Waals surface area contributed by atoms with Crippen LogP contribution in [0.1, 0.15) is 67.9 Å². The van der Waals surface area contributed by atoms with Crippen molar-refractivity contribution in [1.82, 2.24) is 19.6 Å². The quantitative estimate of drug-likeness (QED) is 0.799. The number of rotatable bonds is 5. The molecule has 3 fully saturated rings. The predicted octanol–water partition coefficient (Wildman–Crippen LogP) is 2.86. The van der Waals surface area contributed by atoms with Crippen molar-refractivity contribution >= 4 is 11.8 Å². The summed E-state index contributed by atoms with van der Waals surface area (Å²) in [4.78, 5) is 29.7. The van der Waals surface area contributed by atoms with E-state index in [-0.39, 0.29) is 11.3 Å². The van der Waals surface area contributed by atoms with E-state index in [1.807, 2.05) is 16.5 Å². The minimum Gasteiger partial charge on any atom is -0.342 e. The van der Waals surface area contributed by atoms with E-state index < -0.39 is 0 Å². The van der Waals surface area contributed by atoms with Crippen LogP contribution in [0.4, 0.5) is 0 Å². The summed E-state index contributed by atoms with van der Waals surface area (Å²) in [5, 5.41) is 4.40. The zero-order valence-corrected chi connectivity index (χ0v) is 16.7. The number of likely N-dealkylation sites (tertiary alicyclic amines) is 2. The zero-order chi connectivity index (χ0) is 19.0. The number of aryl methyl sites for hydroxylation is 1. The van der Waals surface area contributed by atoms with Gasteiger partial charge < -0.3 is 9.80 Å². The van der Waals surface area contributed by atoms with E-state index in [0.717, 1.165) is 75.6 Å². The number of hydrogen-bond acceptors (Lipinski definition) is 3. The third kappa shape index (κ3) is 3.76. The zero-order valence-electron chi connectivity index (χ0n) is 16.7. The van der Waals surface area contributed by atoms with Gasteiger partial charge in [-0.15, -0.1) is 0 Å². The fraction of sp³-hybridized carbons (Fsp3) is 0.762. The lowest BCUT2D eigenvalue weighted by Gasteiger charge is -2.48. The highest BCUT2D eigenvalue weighted by Crippen LogP contribution is 2.41. The second kappa shape index (κ2) is 7.28. The molecule has 1 atom stereocenters. The minimum absolute atomic E-state index is 0.0873. The number of carbonyl (C=O) groups excluding carboxylic acids is 2. The smallest absolute Gasteiger partial charge is 0.257 e. The Bertz CT molecular complexity index is 724. The molecule has 1 saturated carbocycles. The van der Waals surface area contributed by atoms with E-state index in [0.29, 0.717) is 12.3 Å². The van der Waals surface area contributed by atoms with Crippen LogP contribution in [0.2, 0.25) is 0 Å². The normalized spacial score (nSPS) is 26.1. The third-order valence-corrected chi connectivity index (χ3v) is 6.64. The number of carbonyl (C=O) groups is 2. The van der Waals surface area contributed by atoms with Crippen LogP contribution in [-0.4, -0.2) is 57.6 Å². The molecule has 2 amide bonds. The molecule has 3 heterocycles. The topological polar surface area (TPSA) is 58.4 Å². The van der Waals surface area contributed by atoms with Gasteiger partial charge >= 0.3 is 0 Å². The Balaban J connectivity index is 1.47. The van der Waals surface area contributed by atoms with E-state index in [4.69, 9.17) is 0 Å². The molecule has 1 aromatic heterocycles. The van der Waals surface area contributed by atoms with E-state index in [1.165, 1.54) is 12.8 Å². The number of amides is 2. The van der Waals surface area contributed by atoms with Crippen LogP contribution in [0.5, 0.6) is 0 Å². The van der Waals surface area contributed by atoms with Crippen LogP contribution in [-0.2, 0) is 11.3 Å². The van der Waals surface area contributed by atoms with Crippen LogP contribution in [0.3, 0.4) is 0 Å². The SMILES string of the molecule is CCCn1ncc(C(=O)N2CCC[C@]3(CCC(=O)N(CC4CC4)C3)C2)c1C. The molecule has 2 aliphatic heterocycles. The van der Waals surface area contributed by atoms with Gasteiger partial charge in [-0.3, -0.25) is 14.3 Å². The Morgan fingerprint density at radius 1 is 1.30 bits per heavy atom. The lowest BCUT2D eigenvalue weighted by atomic mass is 9.73. The van der Waals surface area contributed by atoms with Gasteiger partial charge in [-0.25, -0.2) is 0 Å². The average Bonchev–Trinajstić information content (AvgIpc) is 3.41. The van der Waals surface area contributed by atoms with Crippen molar-refractivity contribution in [1.29, 1.82) is 0 Å².